The van der Waals surface area contributed by atoms with Crippen LogP contribution >= 0.6 is 15.9 Å². The van der Waals surface area contributed by atoms with E-state index >= 15 is 0 Å². The van der Waals surface area contributed by atoms with E-state index in [-0.39, 0.29) is 18.3 Å². The van der Waals surface area contributed by atoms with Crippen LogP contribution in [0.4, 0.5) is 4.39 Å². The normalized spacial score (nSPS) is 15.3. The lowest BCUT2D eigenvalue weighted by Crippen LogP contribution is -2.25. The lowest BCUT2D eigenvalue weighted by Gasteiger charge is -2.03. The molecular weight excluding hydrogens is 251 g/mol. The predicted molar refractivity (Wildman–Crippen MR) is 53.6 cm³/mol. The summed E-state index contributed by atoms with van der Waals surface area (Å²) in [7, 11) is 0. The fourth-order valence-electron chi connectivity index (χ4n) is 1.20. The highest BCUT2D eigenvalue weighted by Gasteiger charge is 2.16. The van der Waals surface area contributed by atoms with Gasteiger partial charge in [0.2, 0.25) is 5.91 Å². The Hall–Kier alpha value is -1.23. The number of rotatable bonds is 1. The van der Waals surface area contributed by atoms with Crippen molar-refractivity contribution in [3.8, 4) is 0 Å². The van der Waals surface area contributed by atoms with E-state index in [9.17, 15) is 9.18 Å². The fourth-order valence-corrected chi connectivity index (χ4v) is 1.73. The second-order valence-electron chi connectivity index (χ2n) is 2.84. The van der Waals surface area contributed by atoms with Crippen LogP contribution in [0.25, 0.3) is 0 Å². The number of amides is 1. The van der Waals surface area contributed by atoms with Crippen molar-refractivity contribution in [2.75, 3.05) is 6.54 Å². The monoisotopic (exact) mass is 256 g/mol. The zero-order valence-corrected chi connectivity index (χ0v) is 8.64. The van der Waals surface area contributed by atoms with E-state index in [0.717, 1.165) is 0 Å². The number of nitrogens with one attached hydrogen (secondary N) is 1. The van der Waals surface area contributed by atoms with Gasteiger partial charge in [0.1, 0.15) is 18.2 Å². The van der Waals surface area contributed by atoms with Gasteiger partial charge in [0, 0.05) is 10.0 Å². The summed E-state index contributed by atoms with van der Waals surface area (Å²) >= 11 is 3.20. The highest BCUT2D eigenvalue weighted by Crippen LogP contribution is 2.19. The van der Waals surface area contributed by atoms with Gasteiger partial charge >= 0.3 is 0 Å². The lowest BCUT2D eigenvalue weighted by atomic mass is 10.2. The topological polar surface area (TPSA) is 41.5 Å². The molecule has 1 N–H and O–H groups in total. The van der Waals surface area contributed by atoms with E-state index in [0.29, 0.717) is 15.9 Å². The Morgan fingerprint density at radius 1 is 1.50 bits per heavy atom. The van der Waals surface area contributed by atoms with Gasteiger partial charge in [0.05, 0.1) is 0 Å². The third-order valence-corrected chi connectivity index (χ3v) is 2.48. The van der Waals surface area contributed by atoms with E-state index in [4.69, 9.17) is 0 Å². The molecule has 2 rings (SSSR count). The highest BCUT2D eigenvalue weighted by molar-refractivity contribution is 9.10. The minimum Gasteiger partial charge on any atom is -0.309 e. The van der Waals surface area contributed by atoms with Crippen LogP contribution < -0.4 is 5.32 Å². The molecule has 5 heteroatoms. The maximum absolute atomic E-state index is 12.8. The van der Waals surface area contributed by atoms with Crippen molar-refractivity contribution >= 4 is 27.7 Å². The molecule has 0 bridgehead atoms. The first-order chi connectivity index (χ1) is 6.66. The Bertz CT molecular complexity index is 431. The second kappa shape index (κ2) is 3.49. The number of aliphatic imine (C=N–C) groups is 1. The molecule has 0 fully saturated rings. The van der Waals surface area contributed by atoms with E-state index in [1.807, 2.05) is 0 Å². The van der Waals surface area contributed by atoms with Crippen LogP contribution in [0.15, 0.2) is 27.7 Å². The van der Waals surface area contributed by atoms with Gasteiger partial charge in [-0.2, -0.15) is 0 Å². The molecule has 1 heterocycles. The van der Waals surface area contributed by atoms with Gasteiger partial charge in [-0.15, -0.1) is 0 Å². The molecule has 14 heavy (non-hydrogen) atoms. The third kappa shape index (κ3) is 1.68. The summed E-state index contributed by atoms with van der Waals surface area (Å²) in [5.74, 6) is 0.0173. The van der Waals surface area contributed by atoms with Crippen LogP contribution in [0.3, 0.4) is 0 Å². The first kappa shape index (κ1) is 9.33. The Morgan fingerprint density at radius 3 is 2.86 bits per heavy atom. The summed E-state index contributed by atoms with van der Waals surface area (Å²) in [6.45, 7) is 0.138. The van der Waals surface area contributed by atoms with Crippen LogP contribution in [0, 0.1) is 5.82 Å². The maximum atomic E-state index is 12.8. The summed E-state index contributed by atoms with van der Waals surface area (Å²) < 4.78 is 13.3. The molecule has 0 unspecified atom stereocenters. The van der Waals surface area contributed by atoms with Crippen molar-refractivity contribution in [2.24, 2.45) is 4.99 Å². The number of hydrogen-bond donors (Lipinski definition) is 1. The highest BCUT2D eigenvalue weighted by atomic mass is 79.9. The van der Waals surface area contributed by atoms with Crippen molar-refractivity contribution in [3.63, 3.8) is 0 Å². The first-order valence-corrected chi connectivity index (χ1v) is 4.76. The predicted octanol–water partition coefficient (Wildman–Crippen LogP) is 1.46. The van der Waals surface area contributed by atoms with Crippen molar-refractivity contribution in [2.45, 2.75) is 0 Å². The molecule has 1 aromatic carbocycles. The maximum Gasteiger partial charge on any atom is 0.247 e. The Labute approximate surface area is 88.2 Å². The molecular formula is C9H6BrFN2O. The van der Waals surface area contributed by atoms with Crippen molar-refractivity contribution < 1.29 is 9.18 Å². The largest absolute Gasteiger partial charge is 0.309 e. The zero-order chi connectivity index (χ0) is 10.1. The van der Waals surface area contributed by atoms with E-state index in [1.165, 1.54) is 12.1 Å². The molecule has 1 amide bonds. The van der Waals surface area contributed by atoms with E-state index in [2.05, 4.69) is 26.2 Å². The van der Waals surface area contributed by atoms with Crippen LogP contribution in [-0.2, 0) is 4.79 Å². The fraction of sp³-hybridized carbons (Fsp3) is 0.111. The number of hydrogen-bond acceptors (Lipinski definition) is 2. The van der Waals surface area contributed by atoms with Gasteiger partial charge < -0.3 is 5.32 Å². The zero-order valence-electron chi connectivity index (χ0n) is 7.05. The summed E-state index contributed by atoms with van der Waals surface area (Å²) in [5.41, 5.74) is 0.692. The van der Waals surface area contributed by atoms with Gasteiger partial charge in [-0.3, -0.25) is 9.79 Å². The molecule has 1 aliphatic heterocycles. The summed E-state index contributed by atoms with van der Waals surface area (Å²) in [5, 5.41) is 2.59. The number of amidine groups is 1. The standard InChI is InChI=1S/C9H6BrFN2O/c10-7-3-5(11)1-2-6(7)9-12-4-8(14)13-9/h1-3H,4H2,(H,12,13,14). The number of halogens is 2. The van der Waals surface area contributed by atoms with Gasteiger partial charge in [-0.25, -0.2) is 4.39 Å². The van der Waals surface area contributed by atoms with Gasteiger partial charge in [0.25, 0.3) is 0 Å². The van der Waals surface area contributed by atoms with Crippen LogP contribution in [0.1, 0.15) is 5.56 Å². The Balaban J connectivity index is 2.38. The molecule has 3 nitrogen and oxygen atoms in total. The van der Waals surface area contributed by atoms with Crippen LogP contribution in [0.2, 0.25) is 0 Å². The van der Waals surface area contributed by atoms with Gasteiger partial charge in [0.15, 0.2) is 0 Å². The van der Waals surface area contributed by atoms with E-state index < -0.39 is 0 Å². The van der Waals surface area contributed by atoms with Crippen LogP contribution in [0.5, 0.6) is 0 Å². The smallest absolute Gasteiger partial charge is 0.247 e. The quantitative estimate of drug-likeness (QED) is 0.813. The molecule has 1 aromatic rings. The van der Waals surface area contributed by atoms with Gasteiger partial charge in [-0.1, -0.05) is 0 Å². The van der Waals surface area contributed by atoms with E-state index in [1.54, 1.807) is 6.07 Å². The summed E-state index contributed by atoms with van der Waals surface area (Å²) in [6.07, 6.45) is 0. The van der Waals surface area contributed by atoms with Crippen molar-refractivity contribution in [1.82, 2.24) is 5.32 Å². The SMILES string of the molecule is O=C1CN=C(c2ccc(F)cc2Br)N1. The summed E-state index contributed by atoms with van der Waals surface area (Å²) in [6, 6.07) is 4.24. The van der Waals surface area contributed by atoms with Gasteiger partial charge in [-0.05, 0) is 34.1 Å². The summed E-state index contributed by atoms with van der Waals surface area (Å²) in [4.78, 5) is 14.9. The number of carbonyl (C=O) groups excluding carboxylic acids is 1. The minimum absolute atomic E-state index is 0.138. The average molecular weight is 257 g/mol. The number of nitrogens with zero attached hydrogens (tertiary/aromatic N) is 1. The number of benzene rings is 1. The number of carbonyl (C=O) groups is 1. The molecule has 0 aliphatic carbocycles. The first-order valence-electron chi connectivity index (χ1n) is 3.96. The average Bonchev–Trinajstić information content (AvgIpc) is 2.51. The molecule has 0 atom stereocenters. The molecule has 1 aliphatic rings. The molecule has 0 spiro atoms. The van der Waals surface area contributed by atoms with Crippen molar-refractivity contribution in [1.29, 1.82) is 0 Å². The van der Waals surface area contributed by atoms with Crippen LogP contribution in [-0.4, -0.2) is 18.3 Å². The third-order valence-electron chi connectivity index (χ3n) is 1.82. The Morgan fingerprint density at radius 2 is 2.29 bits per heavy atom. The molecule has 0 saturated carbocycles. The molecule has 0 radical (unpaired) electrons. The Kier molecular flexibility index (Phi) is 2.33. The molecule has 0 saturated heterocycles. The van der Waals surface area contributed by atoms with Crippen molar-refractivity contribution in [3.05, 3.63) is 34.1 Å². The lowest BCUT2D eigenvalue weighted by molar-refractivity contribution is -0.117. The molecule has 0 aromatic heterocycles. The molecule has 72 valence electrons. The minimum atomic E-state index is -0.328. The second-order valence-corrected chi connectivity index (χ2v) is 3.69.